The highest BCUT2D eigenvalue weighted by Crippen LogP contribution is 2.33. The fourth-order valence-corrected chi connectivity index (χ4v) is 4.88. The van der Waals surface area contributed by atoms with E-state index in [0.717, 1.165) is 38.6 Å². The molecule has 2 heterocycles. The summed E-state index contributed by atoms with van der Waals surface area (Å²) >= 11 is 4.33. The van der Waals surface area contributed by atoms with Crippen LogP contribution in [0.5, 0.6) is 5.75 Å². The molecule has 36 heavy (non-hydrogen) atoms. The Labute approximate surface area is 220 Å². The van der Waals surface area contributed by atoms with Crippen molar-refractivity contribution < 1.29 is 19.1 Å². The van der Waals surface area contributed by atoms with E-state index < -0.39 is 5.91 Å². The van der Waals surface area contributed by atoms with Gasteiger partial charge >= 0.3 is 0 Å². The summed E-state index contributed by atoms with van der Waals surface area (Å²) in [5.41, 5.74) is 3.57. The van der Waals surface area contributed by atoms with Crippen LogP contribution in [0.1, 0.15) is 29.2 Å². The zero-order valence-electron chi connectivity index (χ0n) is 18.9. The number of hydrogen-bond donors (Lipinski definition) is 1. The number of hydrazone groups is 1. The molecule has 3 aromatic carbocycles. The van der Waals surface area contributed by atoms with Gasteiger partial charge in [0.05, 0.1) is 16.7 Å². The summed E-state index contributed by atoms with van der Waals surface area (Å²) in [5.74, 6) is -0.147. The van der Waals surface area contributed by atoms with Crippen LogP contribution in [-0.2, 0) is 9.59 Å². The van der Waals surface area contributed by atoms with Crippen LogP contribution in [0.4, 0.5) is 4.79 Å². The Balaban J connectivity index is 1.29. The number of imide groups is 1. The molecule has 1 fully saturated rings. The highest BCUT2D eigenvalue weighted by molar-refractivity contribution is 9.10. The molecule has 1 unspecified atom stereocenters. The second kappa shape index (κ2) is 10.5. The molecule has 0 radical (unpaired) electrons. The van der Waals surface area contributed by atoms with Gasteiger partial charge in [-0.15, -0.1) is 0 Å². The third-order valence-corrected chi connectivity index (χ3v) is 7.05. The topological polar surface area (TPSA) is 88.1 Å². The number of carbonyl (C=O) groups excluding carboxylic acids is 3. The lowest BCUT2D eigenvalue weighted by Crippen LogP contribution is -2.31. The van der Waals surface area contributed by atoms with E-state index in [-0.39, 0.29) is 23.8 Å². The third kappa shape index (κ3) is 5.42. The second-order valence-electron chi connectivity index (χ2n) is 8.13. The van der Waals surface area contributed by atoms with Crippen LogP contribution in [0.15, 0.2) is 93.3 Å². The standard InChI is InChI=1S/C27H20BrN3O4S/c28-20-10-8-19(9-11-20)23-15-22(18-4-2-1-3-5-18)30-31(23)25(32)16-35-21-12-6-17(7-13-21)14-24-26(33)29-27(34)36-24/h1-14,23H,15-16H2,(H,29,33,34)/b24-14+. The average Bonchev–Trinajstić information content (AvgIpc) is 3.47. The van der Waals surface area contributed by atoms with Gasteiger partial charge in [0.2, 0.25) is 0 Å². The average molecular weight is 562 g/mol. The third-order valence-electron chi connectivity index (χ3n) is 5.71. The van der Waals surface area contributed by atoms with Gasteiger partial charge in [-0.1, -0.05) is 70.5 Å². The van der Waals surface area contributed by atoms with Crippen LogP contribution in [0.25, 0.3) is 6.08 Å². The molecule has 2 aliphatic heterocycles. The molecular weight excluding hydrogens is 542 g/mol. The monoisotopic (exact) mass is 561 g/mol. The number of benzene rings is 3. The Morgan fingerprint density at radius 2 is 1.78 bits per heavy atom. The zero-order chi connectivity index (χ0) is 25.1. The fraction of sp³-hybridized carbons (Fsp3) is 0.111. The maximum atomic E-state index is 13.2. The van der Waals surface area contributed by atoms with Crippen LogP contribution < -0.4 is 10.1 Å². The zero-order valence-corrected chi connectivity index (χ0v) is 21.3. The summed E-state index contributed by atoms with van der Waals surface area (Å²) < 4.78 is 6.73. The molecule has 180 valence electrons. The van der Waals surface area contributed by atoms with Crippen LogP contribution >= 0.6 is 27.7 Å². The molecule has 7 nitrogen and oxygen atoms in total. The van der Waals surface area contributed by atoms with E-state index in [1.54, 1.807) is 30.3 Å². The minimum Gasteiger partial charge on any atom is -0.484 e. The lowest BCUT2D eigenvalue weighted by atomic mass is 9.98. The number of nitrogens with one attached hydrogen (secondary N) is 1. The van der Waals surface area contributed by atoms with Gasteiger partial charge in [-0.25, -0.2) is 5.01 Å². The van der Waals surface area contributed by atoms with Gasteiger partial charge in [0.25, 0.3) is 17.1 Å². The van der Waals surface area contributed by atoms with Gasteiger partial charge in [-0.05, 0) is 58.8 Å². The molecule has 0 aliphatic carbocycles. The van der Waals surface area contributed by atoms with E-state index in [4.69, 9.17) is 4.74 Å². The van der Waals surface area contributed by atoms with Crippen molar-refractivity contribution in [2.45, 2.75) is 12.5 Å². The lowest BCUT2D eigenvalue weighted by molar-refractivity contribution is -0.135. The molecule has 3 amide bonds. The van der Waals surface area contributed by atoms with Crippen molar-refractivity contribution in [2.75, 3.05) is 6.61 Å². The molecular formula is C27H20BrN3O4S. The SMILES string of the molecule is O=C1NC(=O)/C(=C\c2ccc(OCC(=O)N3N=C(c4ccccc4)CC3c3ccc(Br)cc3)cc2)S1. The van der Waals surface area contributed by atoms with Crippen molar-refractivity contribution in [1.82, 2.24) is 10.3 Å². The minimum absolute atomic E-state index is 0.175. The maximum Gasteiger partial charge on any atom is 0.290 e. The molecule has 1 saturated heterocycles. The van der Waals surface area contributed by atoms with Crippen molar-refractivity contribution in [3.8, 4) is 5.75 Å². The Morgan fingerprint density at radius 1 is 1.06 bits per heavy atom. The largest absolute Gasteiger partial charge is 0.484 e. The van der Waals surface area contributed by atoms with E-state index in [9.17, 15) is 14.4 Å². The Bertz CT molecular complexity index is 1370. The van der Waals surface area contributed by atoms with Gasteiger partial charge in [0, 0.05) is 10.9 Å². The number of halogens is 1. The highest BCUT2D eigenvalue weighted by atomic mass is 79.9. The Morgan fingerprint density at radius 3 is 2.44 bits per heavy atom. The van der Waals surface area contributed by atoms with E-state index in [1.165, 1.54) is 5.01 Å². The van der Waals surface area contributed by atoms with Crippen molar-refractivity contribution in [3.63, 3.8) is 0 Å². The van der Waals surface area contributed by atoms with Crippen LogP contribution in [0, 0.1) is 0 Å². The quantitative estimate of drug-likeness (QED) is 0.400. The first-order valence-electron chi connectivity index (χ1n) is 11.1. The van der Waals surface area contributed by atoms with Gasteiger partial charge in [-0.3, -0.25) is 19.7 Å². The molecule has 0 aromatic heterocycles. The normalized spacial score (nSPS) is 18.4. The summed E-state index contributed by atoms with van der Waals surface area (Å²) in [6.07, 6.45) is 2.24. The highest BCUT2D eigenvalue weighted by Gasteiger charge is 2.33. The van der Waals surface area contributed by atoms with Crippen LogP contribution in [0.3, 0.4) is 0 Å². The van der Waals surface area contributed by atoms with Crippen molar-refractivity contribution >= 4 is 56.5 Å². The Hall–Kier alpha value is -3.69. The van der Waals surface area contributed by atoms with E-state index >= 15 is 0 Å². The van der Waals surface area contributed by atoms with Crippen LogP contribution in [0.2, 0.25) is 0 Å². The first kappa shape index (κ1) is 24.0. The number of rotatable bonds is 6. The smallest absolute Gasteiger partial charge is 0.290 e. The second-order valence-corrected chi connectivity index (χ2v) is 10.1. The maximum absolute atomic E-state index is 13.2. The molecule has 1 N–H and O–H groups in total. The number of ether oxygens (including phenoxy) is 1. The molecule has 3 aromatic rings. The summed E-state index contributed by atoms with van der Waals surface area (Å²) in [4.78, 5) is 36.6. The van der Waals surface area contributed by atoms with Gasteiger partial charge in [-0.2, -0.15) is 5.10 Å². The van der Waals surface area contributed by atoms with E-state index in [0.29, 0.717) is 17.1 Å². The molecule has 1 atom stereocenters. The summed E-state index contributed by atoms with van der Waals surface area (Å²) in [5, 5.41) is 8.02. The predicted molar refractivity (Wildman–Crippen MR) is 142 cm³/mol. The van der Waals surface area contributed by atoms with E-state index in [1.807, 2.05) is 54.6 Å². The number of thioether (sulfide) groups is 1. The van der Waals surface area contributed by atoms with Gasteiger partial charge in [0.1, 0.15) is 5.75 Å². The number of hydrogen-bond acceptors (Lipinski definition) is 6. The molecule has 0 saturated carbocycles. The number of amides is 3. The minimum atomic E-state index is -0.405. The summed E-state index contributed by atoms with van der Waals surface area (Å²) in [6.45, 7) is -0.175. The number of carbonyl (C=O) groups is 3. The first-order chi connectivity index (χ1) is 17.5. The lowest BCUT2D eigenvalue weighted by Gasteiger charge is -2.22. The van der Waals surface area contributed by atoms with Gasteiger partial charge < -0.3 is 4.74 Å². The summed E-state index contributed by atoms with van der Waals surface area (Å²) in [6, 6.07) is 24.4. The summed E-state index contributed by atoms with van der Waals surface area (Å²) in [7, 11) is 0. The van der Waals surface area contributed by atoms with Crippen molar-refractivity contribution in [3.05, 3.63) is 105 Å². The van der Waals surface area contributed by atoms with Gasteiger partial charge in [0.15, 0.2) is 6.61 Å². The first-order valence-corrected chi connectivity index (χ1v) is 12.8. The van der Waals surface area contributed by atoms with Crippen LogP contribution in [-0.4, -0.2) is 34.4 Å². The van der Waals surface area contributed by atoms with Crippen molar-refractivity contribution in [2.24, 2.45) is 5.10 Å². The van der Waals surface area contributed by atoms with Crippen molar-refractivity contribution in [1.29, 1.82) is 0 Å². The number of nitrogens with zero attached hydrogens (tertiary/aromatic N) is 2. The Kier molecular flexibility index (Phi) is 7.02. The fourth-order valence-electron chi connectivity index (χ4n) is 3.93. The molecule has 0 bridgehead atoms. The molecule has 9 heteroatoms. The molecule has 5 rings (SSSR count). The predicted octanol–water partition coefficient (Wildman–Crippen LogP) is 5.53. The van der Waals surface area contributed by atoms with E-state index in [2.05, 4.69) is 26.3 Å². The molecule has 0 spiro atoms. The molecule has 2 aliphatic rings.